The summed E-state index contributed by atoms with van der Waals surface area (Å²) in [5.41, 5.74) is 0.881. The van der Waals surface area contributed by atoms with Gasteiger partial charge in [0.2, 0.25) is 5.95 Å². The summed E-state index contributed by atoms with van der Waals surface area (Å²) in [6, 6.07) is 7.47. The standard InChI is InChI=1S/C11H10BrN3O/c1-16-10-7-8(3-4-9(10)12)15-11-13-5-2-6-14-11/h2-7H,1H3,(H,13,14,15). The molecule has 0 aliphatic rings. The van der Waals surface area contributed by atoms with E-state index >= 15 is 0 Å². The molecular weight excluding hydrogens is 270 g/mol. The van der Waals surface area contributed by atoms with Crippen molar-refractivity contribution in [3.05, 3.63) is 41.1 Å². The topological polar surface area (TPSA) is 47.0 Å². The van der Waals surface area contributed by atoms with Crippen LogP contribution in [-0.2, 0) is 0 Å². The Morgan fingerprint density at radius 2 is 2.00 bits per heavy atom. The molecule has 0 aliphatic carbocycles. The Morgan fingerprint density at radius 1 is 1.25 bits per heavy atom. The molecule has 0 atom stereocenters. The number of halogens is 1. The summed E-state index contributed by atoms with van der Waals surface area (Å²) in [6.45, 7) is 0. The maximum atomic E-state index is 5.20. The molecule has 0 saturated heterocycles. The van der Waals surface area contributed by atoms with Crippen LogP contribution in [0.1, 0.15) is 0 Å². The molecule has 0 saturated carbocycles. The zero-order chi connectivity index (χ0) is 11.4. The molecule has 0 fully saturated rings. The van der Waals surface area contributed by atoms with E-state index in [1.807, 2.05) is 18.2 Å². The third-order valence-corrected chi connectivity index (χ3v) is 2.63. The Morgan fingerprint density at radius 3 is 2.69 bits per heavy atom. The lowest BCUT2D eigenvalue weighted by molar-refractivity contribution is 0.412. The lowest BCUT2D eigenvalue weighted by Gasteiger charge is -2.07. The second-order valence-electron chi connectivity index (χ2n) is 3.05. The summed E-state index contributed by atoms with van der Waals surface area (Å²) in [4.78, 5) is 8.15. The van der Waals surface area contributed by atoms with Gasteiger partial charge in [-0.1, -0.05) is 0 Å². The molecule has 0 bridgehead atoms. The van der Waals surface area contributed by atoms with Crippen LogP contribution >= 0.6 is 15.9 Å². The second kappa shape index (κ2) is 4.94. The molecule has 2 aromatic rings. The van der Waals surface area contributed by atoms with E-state index in [9.17, 15) is 0 Å². The third kappa shape index (κ3) is 2.49. The third-order valence-electron chi connectivity index (χ3n) is 1.97. The molecule has 1 heterocycles. The Balaban J connectivity index is 2.22. The van der Waals surface area contributed by atoms with Crippen LogP contribution in [-0.4, -0.2) is 17.1 Å². The van der Waals surface area contributed by atoms with Crippen LogP contribution in [0.25, 0.3) is 0 Å². The average molecular weight is 280 g/mol. The van der Waals surface area contributed by atoms with Gasteiger partial charge >= 0.3 is 0 Å². The fourth-order valence-corrected chi connectivity index (χ4v) is 1.64. The zero-order valence-corrected chi connectivity index (χ0v) is 10.2. The van der Waals surface area contributed by atoms with Gasteiger partial charge in [0.25, 0.3) is 0 Å². The van der Waals surface area contributed by atoms with E-state index in [0.29, 0.717) is 5.95 Å². The summed E-state index contributed by atoms with van der Waals surface area (Å²) in [5.74, 6) is 1.33. The van der Waals surface area contributed by atoms with Gasteiger partial charge in [0.15, 0.2) is 0 Å². The van der Waals surface area contributed by atoms with Crippen LogP contribution < -0.4 is 10.1 Å². The number of hydrogen-bond acceptors (Lipinski definition) is 4. The summed E-state index contributed by atoms with van der Waals surface area (Å²) in [6.07, 6.45) is 3.37. The Bertz CT molecular complexity index is 476. The number of methoxy groups -OCH3 is 1. The average Bonchev–Trinajstić information content (AvgIpc) is 2.33. The van der Waals surface area contributed by atoms with Crippen LogP contribution in [0.3, 0.4) is 0 Å². The Labute approximate surface area is 102 Å². The molecule has 16 heavy (non-hydrogen) atoms. The van der Waals surface area contributed by atoms with Crippen molar-refractivity contribution < 1.29 is 4.74 Å². The van der Waals surface area contributed by atoms with Gasteiger partial charge in [-0.3, -0.25) is 0 Å². The minimum atomic E-state index is 0.562. The molecule has 0 radical (unpaired) electrons. The molecular formula is C11H10BrN3O. The van der Waals surface area contributed by atoms with Gasteiger partial charge in [0.05, 0.1) is 11.6 Å². The number of rotatable bonds is 3. The van der Waals surface area contributed by atoms with E-state index in [0.717, 1.165) is 15.9 Å². The fourth-order valence-electron chi connectivity index (χ4n) is 1.23. The van der Waals surface area contributed by atoms with E-state index in [1.54, 1.807) is 25.6 Å². The van der Waals surface area contributed by atoms with E-state index in [-0.39, 0.29) is 0 Å². The second-order valence-corrected chi connectivity index (χ2v) is 3.90. The van der Waals surface area contributed by atoms with Crippen LogP contribution in [0.15, 0.2) is 41.1 Å². The highest BCUT2D eigenvalue weighted by molar-refractivity contribution is 9.10. The van der Waals surface area contributed by atoms with Crippen molar-refractivity contribution in [2.24, 2.45) is 0 Å². The number of benzene rings is 1. The van der Waals surface area contributed by atoms with Crippen molar-refractivity contribution in [2.45, 2.75) is 0 Å². The van der Waals surface area contributed by atoms with E-state index in [4.69, 9.17) is 4.74 Å². The highest BCUT2D eigenvalue weighted by Gasteiger charge is 2.02. The highest BCUT2D eigenvalue weighted by atomic mass is 79.9. The molecule has 82 valence electrons. The zero-order valence-electron chi connectivity index (χ0n) is 8.64. The molecule has 4 nitrogen and oxygen atoms in total. The molecule has 1 aromatic heterocycles. The van der Waals surface area contributed by atoms with Crippen molar-refractivity contribution in [1.29, 1.82) is 0 Å². The largest absolute Gasteiger partial charge is 0.495 e. The van der Waals surface area contributed by atoms with Crippen LogP contribution in [0.4, 0.5) is 11.6 Å². The summed E-state index contributed by atoms with van der Waals surface area (Å²) >= 11 is 3.39. The summed E-state index contributed by atoms with van der Waals surface area (Å²) < 4.78 is 6.11. The maximum Gasteiger partial charge on any atom is 0.227 e. The minimum absolute atomic E-state index is 0.562. The predicted octanol–water partition coefficient (Wildman–Crippen LogP) is 2.99. The summed E-state index contributed by atoms with van der Waals surface area (Å²) in [5, 5.41) is 3.08. The van der Waals surface area contributed by atoms with Gasteiger partial charge in [-0.15, -0.1) is 0 Å². The van der Waals surface area contributed by atoms with Gasteiger partial charge in [0, 0.05) is 24.1 Å². The molecule has 0 unspecified atom stereocenters. The van der Waals surface area contributed by atoms with Crippen LogP contribution in [0.5, 0.6) is 5.75 Å². The summed E-state index contributed by atoms with van der Waals surface area (Å²) in [7, 11) is 1.63. The fraction of sp³-hybridized carbons (Fsp3) is 0.0909. The first-order valence-corrected chi connectivity index (χ1v) is 5.46. The van der Waals surface area contributed by atoms with Crippen molar-refractivity contribution in [3.63, 3.8) is 0 Å². The smallest absolute Gasteiger partial charge is 0.227 e. The quantitative estimate of drug-likeness (QED) is 0.938. The van der Waals surface area contributed by atoms with Crippen LogP contribution in [0.2, 0.25) is 0 Å². The number of aromatic nitrogens is 2. The monoisotopic (exact) mass is 279 g/mol. The van der Waals surface area contributed by atoms with Crippen molar-refractivity contribution in [2.75, 3.05) is 12.4 Å². The number of nitrogens with zero attached hydrogens (tertiary/aromatic N) is 2. The molecule has 5 heteroatoms. The van der Waals surface area contributed by atoms with E-state index in [1.165, 1.54) is 0 Å². The minimum Gasteiger partial charge on any atom is -0.495 e. The molecule has 0 spiro atoms. The van der Waals surface area contributed by atoms with Crippen molar-refractivity contribution in [1.82, 2.24) is 9.97 Å². The molecule has 0 amide bonds. The molecule has 1 N–H and O–H groups in total. The van der Waals surface area contributed by atoms with Gasteiger partial charge < -0.3 is 10.1 Å². The Kier molecular flexibility index (Phi) is 3.36. The van der Waals surface area contributed by atoms with Crippen LogP contribution in [0, 0.1) is 0 Å². The SMILES string of the molecule is COc1cc(Nc2ncccn2)ccc1Br. The molecule has 1 aromatic carbocycles. The first kappa shape index (κ1) is 10.9. The predicted molar refractivity (Wildman–Crippen MR) is 66.0 cm³/mol. The first-order chi connectivity index (χ1) is 7.79. The lowest BCUT2D eigenvalue weighted by Crippen LogP contribution is -1.96. The Hall–Kier alpha value is -1.62. The van der Waals surface area contributed by atoms with E-state index in [2.05, 4.69) is 31.2 Å². The number of hydrogen-bond donors (Lipinski definition) is 1. The van der Waals surface area contributed by atoms with Crippen molar-refractivity contribution >= 4 is 27.6 Å². The van der Waals surface area contributed by atoms with Gasteiger partial charge in [-0.05, 0) is 34.1 Å². The normalized spacial score (nSPS) is 9.88. The van der Waals surface area contributed by atoms with Crippen molar-refractivity contribution in [3.8, 4) is 5.75 Å². The maximum absolute atomic E-state index is 5.20. The number of anilines is 2. The van der Waals surface area contributed by atoms with E-state index < -0.39 is 0 Å². The van der Waals surface area contributed by atoms with Gasteiger partial charge in [-0.2, -0.15) is 0 Å². The lowest BCUT2D eigenvalue weighted by atomic mass is 10.3. The highest BCUT2D eigenvalue weighted by Crippen LogP contribution is 2.28. The first-order valence-electron chi connectivity index (χ1n) is 4.67. The molecule has 0 aliphatic heterocycles. The molecule has 2 rings (SSSR count). The number of ether oxygens (including phenoxy) is 1. The van der Waals surface area contributed by atoms with Gasteiger partial charge in [0.1, 0.15) is 5.75 Å². The number of nitrogens with one attached hydrogen (secondary N) is 1. The van der Waals surface area contributed by atoms with Gasteiger partial charge in [-0.25, -0.2) is 9.97 Å².